The predicted octanol–water partition coefficient (Wildman–Crippen LogP) is 5.36. The molecule has 5 atom stereocenters. The van der Waals surface area contributed by atoms with Crippen molar-refractivity contribution in [2.75, 3.05) is 19.8 Å². The lowest BCUT2D eigenvalue weighted by Crippen LogP contribution is -2.40. The molecular formula is C35H62N3O11P. The average Bonchev–Trinajstić information content (AvgIpc) is 3.40. The fourth-order valence-corrected chi connectivity index (χ4v) is 6.81. The van der Waals surface area contributed by atoms with Crippen molar-refractivity contribution in [2.45, 2.75) is 166 Å². The first-order valence-electron chi connectivity index (χ1n) is 18.8. The minimum Gasteiger partial charge on any atom is -0.481 e. The van der Waals surface area contributed by atoms with Gasteiger partial charge in [-0.2, -0.15) is 0 Å². The average molecular weight is 732 g/mol. The number of nitrogens with one attached hydrogen (secondary N) is 2. The molecule has 1 aromatic rings. The van der Waals surface area contributed by atoms with Crippen LogP contribution in [0.2, 0.25) is 0 Å². The first kappa shape index (κ1) is 43.8. The Morgan fingerprint density at radius 2 is 1.32 bits per heavy atom. The van der Waals surface area contributed by atoms with Crippen LogP contribution in [0.3, 0.4) is 0 Å². The van der Waals surface area contributed by atoms with Crippen molar-refractivity contribution in [1.29, 1.82) is 0 Å². The van der Waals surface area contributed by atoms with Gasteiger partial charge in [0, 0.05) is 38.3 Å². The quantitative estimate of drug-likeness (QED) is 0.0485. The van der Waals surface area contributed by atoms with Crippen molar-refractivity contribution in [3.63, 3.8) is 0 Å². The fraction of sp³-hybridized carbons (Fsp3) is 0.829. The van der Waals surface area contributed by atoms with Crippen LogP contribution in [-0.2, 0) is 28.2 Å². The predicted molar refractivity (Wildman–Crippen MR) is 190 cm³/mol. The summed E-state index contributed by atoms with van der Waals surface area (Å²) in [4.78, 5) is 58.0. The van der Waals surface area contributed by atoms with Gasteiger partial charge in [-0.1, -0.05) is 103 Å². The van der Waals surface area contributed by atoms with Gasteiger partial charge in [-0.05, 0) is 25.7 Å². The zero-order valence-corrected chi connectivity index (χ0v) is 30.7. The second-order valence-electron chi connectivity index (χ2n) is 13.3. The number of aliphatic carboxylic acids is 1. The van der Waals surface area contributed by atoms with Crippen LogP contribution in [0, 0.1) is 0 Å². The van der Waals surface area contributed by atoms with Gasteiger partial charge in [0.05, 0.1) is 6.61 Å². The number of carbonyl (C=O) groups is 2. The fourth-order valence-electron chi connectivity index (χ4n) is 6.30. The maximum Gasteiger partial charge on any atom is 0.330 e. The Hall–Kier alpha value is -2.35. The van der Waals surface area contributed by atoms with Crippen LogP contribution in [0.5, 0.6) is 0 Å². The number of hydrogen-bond donors (Lipinski definition) is 5. The van der Waals surface area contributed by atoms with E-state index in [1.807, 2.05) is 0 Å². The molecule has 0 radical (unpaired) electrons. The van der Waals surface area contributed by atoms with E-state index in [1.165, 1.54) is 76.8 Å². The van der Waals surface area contributed by atoms with Crippen molar-refractivity contribution in [2.24, 2.45) is 0 Å². The molecule has 0 bridgehead atoms. The third-order valence-electron chi connectivity index (χ3n) is 9.08. The Kier molecular flexibility index (Phi) is 23.9. The van der Waals surface area contributed by atoms with Gasteiger partial charge in [-0.25, -0.2) is 4.79 Å². The highest BCUT2D eigenvalue weighted by Crippen LogP contribution is 2.37. The van der Waals surface area contributed by atoms with Gasteiger partial charge in [-0.3, -0.25) is 28.5 Å². The van der Waals surface area contributed by atoms with Gasteiger partial charge in [0.15, 0.2) is 6.23 Å². The molecular weight excluding hydrogens is 669 g/mol. The third kappa shape index (κ3) is 19.3. The molecule has 50 heavy (non-hydrogen) atoms. The van der Waals surface area contributed by atoms with E-state index in [4.69, 9.17) is 19.1 Å². The summed E-state index contributed by atoms with van der Waals surface area (Å²) in [5, 5.41) is 21.4. The maximum atomic E-state index is 12.3. The number of aromatic nitrogens is 2. The number of H-pyrrole nitrogens is 1. The lowest BCUT2D eigenvalue weighted by atomic mass is 10.0. The summed E-state index contributed by atoms with van der Waals surface area (Å²) in [5.74, 6) is -0.604. The number of ether oxygens (including phenoxy) is 2. The molecule has 2 heterocycles. The number of aliphatic hydroxyl groups excluding tert-OH is 1. The van der Waals surface area contributed by atoms with E-state index in [-0.39, 0.29) is 12.5 Å². The number of amides is 1. The minimum atomic E-state index is -3.40. The minimum absolute atomic E-state index is 0.0870. The summed E-state index contributed by atoms with van der Waals surface area (Å²) >= 11 is 0. The number of carboxylic acids is 1. The molecule has 0 aliphatic carbocycles. The number of aromatic amines is 1. The highest BCUT2D eigenvalue weighted by molar-refractivity contribution is 7.32. The number of rotatable bonds is 31. The van der Waals surface area contributed by atoms with Crippen LogP contribution < -0.4 is 16.6 Å². The first-order valence-corrected chi connectivity index (χ1v) is 20.1. The van der Waals surface area contributed by atoms with Gasteiger partial charge in [0.1, 0.15) is 18.3 Å². The highest BCUT2D eigenvalue weighted by Gasteiger charge is 2.48. The lowest BCUT2D eigenvalue weighted by molar-refractivity contribution is -0.137. The summed E-state index contributed by atoms with van der Waals surface area (Å²) in [7, 11) is -3.40. The highest BCUT2D eigenvalue weighted by atomic mass is 31.1. The Morgan fingerprint density at radius 3 is 1.84 bits per heavy atom. The van der Waals surface area contributed by atoms with Crippen molar-refractivity contribution in [3.8, 4) is 0 Å². The Bertz CT molecular complexity index is 1210. The van der Waals surface area contributed by atoms with Crippen molar-refractivity contribution in [3.05, 3.63) is 33.1 Å². The molecule has 2 rings (SSSR count). The molecule has 1 amide bonds. The second kappa shape index (κ2) is 27.3. The van der Waals surface area contributed by atoms with E-state index in [9.17, 15) is 33.7 Å². The van der Waals surface area contributed by atoms with E-state index in [0.717, 1.165) is 62.0 Å². The number of aliphatic hydroxyl groups is 1. The molecule has 1 saturated heterocycles. The largest absolute Gasteiger partial charge is 0.481 e. The summed E-state index contributed by atoms with van der Waals surface area (Å²) in [6, 6.07) is 1.14. The van der Waals surface area contributed by atoms with Crippen LogP contribution in [0.25, 0.3) is 0 Å². The Balaban J connectivity index is 1.44. The van der Waals surface area contributed by atoms with Crippen molar-refractivity contribution in [1.82, 2.24) is 14.9 Å². The van der Waals surface area contributed by atoms with Gasteiger partial charge in [-0.15, -0.1) is 0 Å². The molecule has 14 nitrogen and oxygen atoms in total. The molecule has 1 aromatic heterocycles. The topological polar surface area (TPSA) is 206 Å². The smallest absolute Gasteiger partial charge is 0.330 e. The molecule has 0 spiro atoms. The number of hydrogen-bond acceptors (Lipinski definition) is 9. The number of carbonyl (C=O) groups excluding carboxylic acids is 1. The molecule has 15 heteroatoms. The molecule has 1 aliphatic heterocycles. The Labute approximate surface area is 296 Å². The normalized spacial score (nSPS) is 19.5. The molecule has 1 fully saturated rings. The summed E-state index contributed by atoms with van der Waals surface area (Å²) in [5.41, 5.74) is -1.33. The third-order valence-corrected chi connectivity index (χ3v) is 9.55. The van der Waals surface area contributed by atoms with E-state index in [1.54, 1.807) is 0 Å². The molecule has 288 valence electrons. The molecule has 5 unspecified atom stereocenters. The van der Waals surface area contributed by atoms with E-state index >= 15 is 0 Å². The summed E-state index contributed by atoms with van der Waals surface area (Å²) < 4.78 is 29.4. The second-order valence-corrected chi connectivity index (χ2v) is 14.0. The SMILES string of the molecule is O=C(O)CCCCCCCCCCCCCCCCCCC(=O)NCCCCCCOC1C(O[PH](=O)O)C(CO)OC1n1ccc(=O)[nH]c1=O. The molecule has 0 aromatic carbocycles. The number of carboxylic acid groups (broad SMARTS) is 1. The zero-order valence-electron chi connectivity index (χ0n) is 29.7. The van der Waals surface area contributed by atoms with Crippen molar-refractivity contribution >= 4 is 20.1 Å². The van der Waals surface area contributed by atoms with Gasteiger partial charge in [0.2, 0.25) is 5.91 Å². The van der Waals surface area contributed by atoms with E-state index in [0.29, 0.717) is 25.8 Å². The standard InChI is InChI=1S/C35H62N3O11P/c39-27-28-32(49-50(45)46)33(34(48-28)38-25-23-30(41)37-35(38)44)47-26-20-16-15-19-24-36-29(40)21-17-13-11-9-7-5-3-1-2-4-6-8-10-12-14-18-22-31(42)43/h23,25,28,32-34,39,50H,1-22,24,26-27H2,(H,36,40)(H,42,43)(H,45,46)(H,37,41,44). The first-order chi connectivity index (χ1) is 24.2. The van der Waals surface area contributed by atoms with E-state index < -0.39 is 56.6 Å². The molecule has 5 N–H and O–H groups in total. The van der Waals surface area contributed by atoms with Crippen LogP contribution in [-0.4, -0.2) is 74.6 Å². The van der Waals surface area contributed by atoms with Gasteiger partial charge in [0.25, 0.3) is 5.56 Å². The summed E-state index contributed by atoms with van der Waals surface area (Å²) in [6.07, 6.45) is 20.0. The van der Waals surface area contributed by atoms with Crippen molar-refractivity contribution < 1.29 is 43.3 Å². The van der Waals surface area contributed by atoms with Crippen LogP contribution in [0.15, 0.2) is 21.9 Å². The van der Waals surface area contributed by atoms with E-state index in [2.05, 4.69) is 10.3 Å². The molecule has 1 aliphatic rings. The number of nitrogens with zero attached hydrogens (tertiary/aromatic N) is 1. The zero-order chi connectivity index (χ0) is 36.4. The lowest BCUT2D eigenvalue weighted by Gasteiger charge is -2.24. The van der Waals surface area contributed by atoms with Crippen LogP contribution in [0.1, 0.15) is 147 Å². The Morgan fingerprint density at radius 1 is 0.800 bits per heavy atom. The van der Waals surface area contributed by atoms with Crippen LogP contribution >= 0.6 is 8.25 Å². The van der Waals surface area contributed by atoms with Gasteiger partial charge >= 0.3 is 19.9 Å². The summed E-state index contributed by atoms with van der Waals surface area (Å²) in [6.45, 7) is 0.339. The monoisotopic (exact) mass is 731 g/mol. The maximum absolute atomic E-state index is 12.3. The number of unbranched alkanes of at least 4 members (excludes halogenated alkanes) is 18. The van der Waals surface area contributed by atoms with Gasteiger partial charge < -0.3 is 34.4 Å². The van der Waals surface area contributed by atoms with Crippen LogP contribution in [0.4, 0.5) is 0 Å². The molecule has 0 saturated carbocycles.